The van der Waals surface area contributed by atoms with Crippen LogP contribution in [0.2, 0.25) is 0 Å². The van der Waals surface area contributed by atoms with Gasteiger partial charge in [0.15, 0.2) is 5.69 Å². The molecule has 8 heteroatoms. The molecule has 0 saturated carbocycles. The van der Waals surface area contributed by atoms with Gasteiger partial charge < -0.3 is 5.11 Å². The first kappa shape index (κ1) is 10.2. The second kappa shape index (κ2) is 3.13. The molecule has 2 N–H and O–H groups in total. The molecule has 0 amide bonds. The first-order chi connectivity index (χ1) is 6.32. The average Bonchev–Trinajstić information content (AvgIpc) is 2.01. The summed E-state index contributed by atoms with van der Waals surface area (Å²) in [6, 6.07) is 0.149. The zero-order valence-electron chi connectivity index (χ0n) is 6.42. The highest BCUT2D eigenvalue weighted by molar-refractivity contribution is 5.86. The molecule has 14 heavy (non-hydrogen) atoms. The Labute approximate surface area is 74.2 Å². The molecule has 1 rings (SSSR count). The fraction of sp³-hybridized carbons (Fsp3) is 0.167. The number of H-pyrrole nitrogens is 1. The van der Waals surface area contributed by atoms with Crippen LogP contribution in [0.4, 0.5) is 13.2 Å². The van der Waals surface area contributed by atoms with Gasteiger partial charge in [-0.1, -0.05) is 0 Å². The first-order valence-corrected chi connectivity index (χ1v) is 3.22. The maximum Gasteiger partial charge on any atom is 0.419 e. The molecular weight excluding hydrogens is 205 g/mol. The van der Waals surface area contributed by atoms with E-state index in [2.05, 4.69) is 5.10 Å². The summed E-state index contributed by atoms with van der Waals surface area (Å²) in [4.78, 5) is 20.8. The number of carboxylic acid groups (broad SMARTS) is 1. The number of nitrogens with zero attached hydrogens (tertiary/aromatic N) is 1. The molecule has 0 unspecified atom stereocenters. The number of aromatic amines is 1. The summed E-state index contributed by atoms with van der Waals surface area (Å²) in [6.45, 7) is 0. The summed E-state index contributed by atoms with van der Waals surface area (Å²) >= 11 is 0. The Hall–Kier alpha value is -1.86. The molecule has 0 spiro atoms. The number of carbonyl (C=O) groups is 1. The van der Waals surface area contributed by atoms with Gasteiger partial charge in [-0.15, -0.1) is 0 Å². The Morgan fingerprint density at radius 2 is 2.07 bits per heavy atom. The number of hydrogen-bond donors (Lipinski definition) is 2. The third kappa shape index (κ3) is 1.90. The molecule has 0 aliphatic carbocycles. The molecule has 0 aliphatic rings. The van der Waals surface area contributed by atoms with Gasteiger partial charge in [0.25, 0.3) is 5.56 Å². The van der Waals surface area contributed by atoms with Crippen LogP contribution >= 0.6 is 0 Å². The zero-order valence-corrected chi connectivity index (χ0v) is 6.42. The SMILES string of the molecule is O=C(O)c1n[nH]c(=O)cc1C(F)(F)F. The second-order valence-corrected chi connectivity index (χ2v) is 2.30. The number of nitrogens with one attached hydrogen (secondary N) is 1. The van der Waals surface area contributed by atoms with Gasteiger partial charge in [-0.05, 0) is 0 Å². The van der Waals surface area contributed by atoms with Crippen molar-refractivity contribution in [1.29, 1.82) is 0 Å². The van der Waals surface area contributed by atoms with E-state index >= 15 is 0 Å². The number of hydrogen-bond acceptors (Lipinski definition) is 3. The van der Waals surface area contributed by atoms with Crippen molar-refractivity contribution in [1.82, 2.24) is 10.2 Å². The van der Waals surface area contributed by atoms with E-state index in [0.717, 1.165) is 0 Å². The Bertz CT molecular complexity index is 423. The van der Waals surface area contributed by atoms with E-state index in [9.17, 15) is 22.8 Å². The van der Waals surface area contributed by atoms with Gasteiger partial charge in [-0.2, -0.15) is 18.3 Å². The summed E-state index contributed by atoms with van der Waals surface area (Å²) in [5.74, 6) is -1.85. The first-order valence-electron chi connectivity index (χ1n) is 3.22. The van der Waals surface area contributed by atoms with Crippen molar-refractivity contribution in [3.8, 4) is 0 Å². The van der Waals surface area contributed by atoms with Gasteiger partial charge >= 0.3 is 12.1 Å². The van der Waals surface area contributed by atoms with Crippen molar-refractivity contribution in [2.24, 2.45) is 0 Å². The minimum atomic E-state index is -4.91. The lowest BCUT2D eigenvalue weighted by molar-refractivity contribution is -0.138. The van der Waals surface area contributed by atoms with Crippen LogP contribution in [-0.4, -0.2) is 21.3 Å². The zero-order chi connectivity index (χ0) is 10.9. The van der Waals surface area contributed by atoms with E-state index in [1.807, 2.05) is 0 Å². The van der Waals surface area contributed by atoms with Crippen molar-refractivity contribution < 1.29 is 23.1 Å². The van der Waals surface area contributed by atoms with Crippen LogP contribution in [0.1, 0.15) is 16.1 Å². The summed E-state index contributed by atoms with van der Waals surface area (Å²) in [7, 11) is 0. The van der Waals surface area contributed by atoms with E-state index < -0.39 is 29.0 Å². The number of rotatable bonds is 1. The molecule has 0 saturated heterocycles. The van der Waals surface area contributed by atoms with E-state index in [0.29, 0.717) is 0 Å². The predicted molar refractivity (Wildman–Crippen MR) is 36.8 cm³/mol. The fourth-order valence-electron chi connectivity index (χ4n) is 0.782. The smallest absolute Gasteiger partial charge is 0.419 e. The summed E-state index contributed by atoms with van der Waals surface area (Å²) in [5, 5.41) is 12.7. The lowest BCUT2D eigenvalue weighted by atomic mass is 10.2. The van der Waals surface area contributed by atoms with Crippen molar-refractivity contribution in [3.05, 3.63) is 27.7 Å². The fourth-order valence-corrected chi connectivity index (χ4v) is 0.782. The van der Waals surface area contributed by atoms with Gasteiger partial charge in [0.05, 0.1) is 5.56 Å². The van der Waals surface area contributed by atoms with Crippen molar-refractivity contribution >= 4 is 5.97 Å². The quantitative estimate of drug-likeness (QED) is 0.703. The van der Waals surface area contributed by atoms with Crippen LogP contribution in [0.3, 0.4) is 0 Å². The van der Waals surface area contributed by atoms with Crippen molar-refractivity contribution in [3.63, 3.8) is 0 Å². The van der Waals surface area contributed by atoms with E-state index in [4.69, 9.17) is 5.11 Å². The lowest BCUT2D eigenvalue weighted by Crippen LogP contribution is -2.21. The molecule has 1 heterocycles. The van der Waals surface area contributed by atoms with Gasteiger partial charge in [0, 0.05) is 6.07 Å². The minimum absolute atomic E-state index is 0.149. The van der Waals surface area contributed by atoms with E-state index in [1.54, 1.807) is 5.10 Å². The third-order valence-corrected chi connectivity index (χ3v) is 1.32. The minimum Gasteiger partial charge on any atom is -0.476 e. The maximum atomic E-state index is 12.1. The van der Waals surface area contributed by atoms with Crippen LogP contribution in [0.5, 0.6) is 0 Å². The Kier molecular flexibility index (Phi) is 2.28. The molecule has 1 aromatic rings. The number of alkyl halides is 3. The Balaban J connectivity index is 3.45. The Morgan fingerprint density at radius 1 is 1.50 bits per heavy atom. The molecule has 0 aliphatic heterocycles. The Morgan fingerprint density at radius 3 is 2.50 bits per heavy atom. The van der Waals surface area contributed by atoms with Gasteiger partial charge in [0.1, 0.15) is 0 Å². The number of carboxylic acids is 1. The van der Waals surface area contributed by atoms with Crippen LogP contribution in [-0.2, 0) is 6.18 Å². The van der Waals surface area contributed by atoms with Crippen LogP contribution < -0.4 is 5.56 Å². The normalized spacial score (nSPS) is 11.4. The maximum absolute atomic E-state index is 12.1. The highest BCUT2D eigenvalue weighted by Crippen LogP contribution is 2.29. The van der Waals surface area contributed by atoms with Crippen LogP contribution in [0.25, 0.3) is 0 Å². The molecule has 0 bridgehead atoms. The van der Waals surface area contributed by atoms with Gasteiger partial charge in [0.2, 0.25) is 0 Å². The standard InChI is InChI=1S/C6H3F3N2O3/c7-6(8,9)2-1-3(12)10-11-4(2)5(13)14/h1H,(H,10,12)(H,13,14). The van der Waals surface area contributed by atoms with Crippen LogP contribution in [0.15, 0.2) is 10.9 Å². The topological polar surface area (TPSA) is 83.0 Å². The largest absolute Gasteiger partial charge is 0.476 e. The molecule has 0 atom stereocenters. The van der Waals surface area contributed by atoms with Crippen molar-refractivity contribution in [2.75, 3.05) is 0 Å². The second-order valence-electron chi connectivity index (χ2n) is 2.30. The molecule has 5 nitrogen and oxygen atoms in total. The van der Waals surface area contributed by atoms with E-state index in [-0.39, 0.29) is 6.07 Å². The average molecular weight is 208 g/mol. The molecule has 0 aromatic carbocycles. The number of halogens is 3. The number of aromatic carboxylic acids is 1. The molecular formula is C6H3F3N2O3. The highest BCUT2D eigenvalue weighted by Gasteiger charge is 2.36. The lowest BCUT2D eigenvalue weighted by Gasteiger charge is -2.07. The molecule has 76 valence electrons. The van der Waals surface area contributed by atoms with Crippen LogP contribution in [0, 0.1) is 0 Å². The summed E-state index contributed by atoms with van der Waals surface area (Å²) < 4.78 is 36.4. The van der Waals surface area contributed by atoms with E-state index in [1.165, 1.54) is 0 Å². The number of aromatic nitrogens is 2. The van der Waals surface area contributed by atoms with Crippen molar-refractivity contribution in [2.45, 2.75) is 6.18 Å². The van der Waals surface area contributed by atoms with Gasteiger partial charge in [-0.3, -0.25) is 4.79 Å². The predicted octanol–water partition coefficient (Wildman–Crippen LogP) is 0.487. The highest BCUT2D eigenvalue weighted by atomic mass is 19.4. The molecule has 0 fully saturated rings. The molecule has 1 aromatic heterocycles. The molecule has 0 radical (unpaired) electrons. The summed E-state index contributed by atoms with van der Waals surface area (Å²) in [5.41, 5.74) is -3.90. The third-order valence-electron chi connectivity index (χ3n) is 1.32. The summed E-state index contributed by atoms with van der Waals surface area (Å²) in [6.07, 6.45) is -4.91. The monoisotopic (exact) mass is 208 g/mol. The van der Waals surface area contributed by atoms with Gasteiger partial charge in [-0.25, -0.2) is 9.89 Å².